The minimum absolute atomic E-state index is 0.633. The summed E-state index contributed by atoms with van der Waals surface area (Å²) in [4.78, 5) is 4.80. The molecule has 2 nitrogen and oxygen atoms in total. The van der Waals surface area contributed by atoms with Crippen LogP contribution < -0.4 is 4.90 Å². The summed E-state index contributed by atoms with van der Waals surface area (Å²) in [7, 11) is 0. The van der Waals surface area contributed by atoms with Gasteiger partial charge in [-0.2, -0.15) is 0 Å². The van der Waals surface area contributed by atoms with Crippen LogP contribution in [0.15, 0.2) is 18.2 Å². The van der Waals surface area contributed by atoms with Crippen molar-refractivity contribution in [1.29, 1.82) is 0 Å². The van der Waals surface area contributed by atoms with Gasteiger partial charge < -0.3 is 4.90 Å². The quantitative estimate of drug-likeness (QED) is 0.832. The van der Waals surface area contributed by atoms with Crippen molar-refractivity contribution in [2.24, 2.45) is 0 Å². The first-order valence-electron chi connectivity index (χ1n) is 6.43. The zero-order valence-corrected chi connectivity index (χ0v) is 12.1. The lowest BCUT2D eigenvalue weighted by Gasteiger charge is -2.36. The van der Waals surface area contributed by atoms with Crippen LogP contribution in [0, 0.1) is 6.92 Å². The van der Waals surface area contributed by atoms with E-state index in [1.54, 1.807) is 0 Å². The van der Waals surface area contributed by atoms with Gasteiger partial charge in [0.1, 0.15) is 0 Å². The predicted molar refractivity (Wildman–Crippen MR) is 79.7 cm³/mol. The Balaban J connectivity index is 1.95. The van der Waals surface area contributed by atoms with E-state index in [9.17, 15) is 0 Å². The largest absolute Gasteiger partial charge is 0.368 e. The summed E-state index contributed by atoms with van der Waals surface area (Å²) in [5.74, 6) is 0. The van der Waals surface area contributed by atoms with E-state index in [0.29, 0.717) is 10.0 Å². The summed E-state index contributed by atoms with van der Waals surface area (Å²) in [5.41, 5.74) is 1.06. The zero-order valence-electron chi connectivity index (χ0n) is 10.5. The van der Waals surface area contributed by atoms with Crippen LogP contribution in [0.1, 0.15) is 12.8 Å². The molecule has 1 saturated heterocycles. The minimum atomic E-state index is 0.633. The maximum Gasteiger partial charge on any atom is 0.0825 e. The number of piperazine rings is 1. The number of rotatable bonds is 4. The van der Waals surface area contributed by atoms with E-state index >= 15 is 0 Å². The molecule has 1 heterocycles. The Morgan fingerprint density at radius 2 is 1.83 bits per heavy atom. The lowest BCUT2D eigenvalue weighted by molar-refractivity contribution is 0.255. The van der Waals surface area contributed by atoms with Crippen molar-refractivity contribution in [3.63, 3.8) is 0 Å². The van der Waals surface area contributed by atoms with E-state index in [4.69, 9.17) is 23.2 Å². The number of halogens is 2. The Hall–Kier alpha value is -0.440. The Bertz CT molecular complexity index is 387. The van der Waals surface area contributed by atoms with Crippen molar-refractivity contribution < 1.29 is 0 Å². The van der Waals surface area contributed by atoms with Gasteiger partial charge in [-0.25, -0.2) is 0 Å². The van der Waals surface area contributed by atoms with Crippen LogP contribution in [0.3, 0.4) is 0 Å². The highest BCUT2D eigenvalue weighted by Gasteiger charge is 2.19. The standard InChI is InChI=1S/C14H19Cl2N2/c1-2-3-7-17-8-10-18(11-9-17)13-6-4-5-12(15)14(13)16/h4-6H,1-3,7-11H2. The third kappa shape index (κ3) is 3.31. The van der Waals surface area contributed by atoms with Crippen molar-refractivity contribution in [1.82, 2.24) is 4.90 Å². The van der Waals surface area contributed by atoms with Crippen LogP contribution in [0.5, 0.6) is 0 Å². The molecule has 1 radical (unpaired) electrons. The van der Waals surface area contributed by atoms with E-state index in [1.807, 2.05) is 18.2 Å². The molecule has 1 aromatic rings. The molecule has 99 valence electrons. The van der Waals surface area contributed by atoms with Gasteiger partial charge in [0.05, 0.1) is 15.7 Å². The summed E-state index contributed by atoms with van der Waals surface area (Å²) in [5, 5.41) is 1.30. The molecule has 0 atom stereocenters. The molecule has 4 heteroatoms. The smallest absolute Gasteiger partial charge is 0.0825 e. The highest BCUT2D eigenvalue weighted by Crippen LogP contribution is 2.32. The number of hydrogen-bond acceptors (Lipinski definition) is 2. The first-order valence-corrected chi connectivity index (χ1v) is 7.18. The molecule has 0 N–H and O–H groups in total. The molecule has 1 aliphatic rings. The van der Waals surface area contributed by atoms with E-state index in [1.165, 1.54) is 6.42 Å². The monoisotopic (exact) mass is 285 g/mol. The molecule has 0 saturated carbocycles. The van der Waals surface area contributed by atoms with Crippen LogP contribution in [0.2, 0.25) is 10.0 Å². The van der Waals surface area contributed by atoms with Gasteiger partial charge in [0.15, 0.2) is 0 Å². The molecule has 0 unspecified atom stereocenters. The molecule has 2 rings (SSSR count). The van der Waals surface area contributed by atoms with E-state index in [2.05, 4.69) is 16.7 Å². The van der Waals surface area contributed by atoms with Gasteiger partial charge in [-0.3, -0.25) is 4.90 Å². The predicted octanol–water partition coefficient (Wildman–Crippen LogP) is 3.73. The van der Waals surface area contributed by atoms with Gasteiger partial charge in [-0.15, -0.1) is 0 Å². The number of hydrogen-bond donors (Lipinski definition) is 0. The van der Waals surface area contributed by atoms with Crippen molar-refractivity contribution in [2.45, 2.75) is 12.8 Å². The van der Waals surface area contributed by atoms with E-state index in [0.717, 1.165) is 44.8 Å². The van der Waals surface area contributed by atoms with Gasteiger partial charge in [0.25, 0.3) is 0 Å². The minimum Gasteiger partial charge on any atom is -0.368 e. The second-order valence-corrected chi connectivity index (χ2v) is 5.39. The van der Waals surface area contributed by atoms with Crippen LogP contribution in [-0.4, -0.2) is 37.6 Å². The molecule has 0 amide bonds. The van der Waals surface area contributed by atoms with E-state index < -0.39 is 0 Å². The summed E-state index contributed by atoms with van der Waals surface area (Å²) >= 11 is 12.3. The summed E-state index contributed by atoms with van der Waals surface area (Å²) in [6, 6.07) is 5.83. The zero-order chi connectivity index (χ0) is 13.0. The Kier molecular flexibility index (Phi) is 5.16. The highest BCUT2D eigenvalue weighted by molar-refractivity contribution is 6.43. The first-order chi connectivity index (χ1) is 8.72. The third-order valence-corrected chi connectivity index (χ3v) is 4.18. The number of nitrogens with zero attached hydrogens (tertiary/aromatic N) is 2. The van der Waals surface area contributed by atoms with Crippen LogP contribution in [-0.2, 0) is 0 Å². The fourth-order valence-electron chi connectivity index (χ4n) is 2.28. The number of unbranched alkanes of at least 4 members (excludes halogenated alkanes) is 1. The second-order valence-electron chi connectivity index (χ2n) is 4.61. The topological polar surface area (TPSA) is 6.48 Å². The fraction of sp³-hybridized carbons (Fsp3) is 0.500. The molecule has 0 aliphatic carbocycles. The second kappa shape index (κ2) is 6.65. The molecule has 0 aromatic heterocycles. The van der Waals surface area contributed by atoms with Crippen molar-refractivity contribution in [3.8, 4) is 0 Å². The maximum absolute atomic E-state index is 6.25. The summed E-state index contributed by atoms with van der Waals surface area (Å²) in [6.45, 7) is 9.23. The van der Waals surface area contributed by atoms with Crippen molar-refractivity contribution in [2.75, 3.05) is 37.6 Å². The van der Waals surface area contributed by atoms with Gasteiger partial charge >= 0.3 is 0 Å². The van der Waals surface area contributed by atoms with Crippen molar-refractivity contribution in [3.05, 3.63) is 35.2 Å². The maximum atomic E-state index is 6.25. The lowest BCUT2D eigenvalue weighted by atomic mass is 10.2. The third-order valence-electron chi connectivity index (χ3n) is 3.37. The normalized spacial score (nSPS) is 17.2. The molecule has 0 bridgehead atoms. The average molecular weight is 286 g/mol. The number of anilines is 1. The Morgan fingerprint density at radius 3 is 2.50 bits per heavy atom. The van der Waals surface area contributed by atoms with Crippen molar-refractivity contribution >= 4 is 28.9 Å². The SMILES string of the molecule is [CH2]CCCN1CCN(c2cccc(Cl)c2Cl)CC1. The highest BCUT2D eigenvalue weighted by atomic mass is 35.5. The summed E-state index contributed by atoms with van der Waals surface area (Å²) < 4.78 is 0. The summed E-state index contributed by atoms with van der Waals surface area (Å²) in [6.07, 6.45) is 2.19. The van der Waals surface area contributed by atoms with Crippen LogP contribution in [0.25, 0.3) is 0 Å². The fourth-order valence-corrected chi connectivity index (χ4v) is 2.70. The Morgan fingerprint density at radius 1 is 1.11 bits per heavy atom. The molecular formula is C14H19Cl2N2. The van der Waals surface area contributed by atoms with Gasteiger partial charge in [0, 0.05) is 26.2 Å². The first kappa shape index (κ1) is 14.0. The molecule has 18 heavy (non-hydrogen) atoms. The Labute approximate surface area is 119 Å². The molecule has 0 spiro atoms. The molecule has 1 aliphatic heterocycles. The average Bonchev–Trinajstić information content (AvgIpc) is 2.40. The van der Waals surface area contributed by atoms with Crippen LogP contribution >= 0.6 is 23.2 Å². The van der Waals surface area contributed by atoms with Gasteiger partial charge in [-0.1, -0.05) is 42.6 Å². The van der Waals surface area contributed by atoms with Gasteiger partial charge in [-0.05, 0) is 25.1 Å². The molecule has 1 fully saturated rings. The lowest BCUT2D eigenvalue weighted by Crippen LogP contribution is -2.46. The molecular weight excluding hydrogens is 267 g/mol. The van der Waals surface area contributed by atoms with Crippen LogP contribution in [0.4, 0.5) is 5.69 Å². The number of benzene rings is 1. The van der Waals surface area contributed by atoms with E-state index in [-0.39, 0.29) is 0 Å². The molecule has 1 aromatic carbocycles. The van der Waals surface area contributed by atoms with Gasteiger partial charge in [0.2, 0.25) is 0 Å².